The summed E-state index contributed by atoms with van der Waals surface area (Å²) in [6.07, 6.45) is 0. The van der Waals surface area contributed by atoms with Crippen LogP contribution in [0.4, 0.5) is 0 Å². The summed E-state index contributed by atoms with van der Waals surface area (Å²) < 4.78 is 6.20. The minimum atomic E-state index is 0.113. The van der Waals surface area contributed by atoms with Gasteiger partial charge in [0.25, 0.3) is 0 Å². The van der Waals surface area contributed by atoms with Gasteiger partial charge in [0, 0.05) is 22.0 Å². The third kappa shape index (κ3) is 2.39. The average Bonchev–Trinajstić information content (AvgIpc) is 2.92. The molecule has 0 atom stereocenters. The molecule has 0 radical (unpaired) electrons. The SMILES string of the molecule is Cc1cc2c(oc3ccc(C(C)(C)C)cc32)c(-c2ccccc2)n1. The summed E-state index contributed by atoms with van der Waals surface area (Å²) in [6, 6.07) is 18.9. The maximum atomic E-state index is 6.20. The van der Waals surface area contributed by atoms with E-state index in [1.807, 2.05) is 25.1 Å². The number of aromatic nitrogens is 1. The van der Waals surface area contributed by atoms with Crippen molar-refractivity contribution < 1.29 is 4.42 Å². The van der Waals surface area contributed by atoms with Gasteiger partial charge < -0.3 is 4.42 Å². The summed E-state index contributed by atoms with van der Waals surface area (Å²) in [5.41, 5.74) is 6.22. The molecule has 2 heteroatoms. The van der Waals surface area contributed by atoms with Gasteiger partial charge in [-0.2, -0.15) is 0 Å². The summed E-state index contributed by atoms with van der Waals surface area (Å²) in [5.74, 6) is 0. The number of hydrogen-bond donors (Lipinski definition) is 0. The molecular formula is C22H21NO. The Labute approximate surface area is 142 Å². The van der Waals surface area contributed by atoms with E-state index in [1.54, 1.807) is 0 Å². The van der Waals surface area contributed by atoms with Gasteiger partial charge in [0.05, 0.1) is 0 Å². The van der Waals surface area contributed by atoms with Crippen molar-refractivity contribution in [2.45, 2.75) is 33.1 Å². The van der Waals surface area contributed by atoms with E-state index in [0.717, 1.165) is 33.5 Å². The van der Waals surface area contributed by atoms with E-state index in [-0.39, 0.29) is 5.41 Å². The van der Waals surface area contributed by atoms with Crippen LogP contribution in [0, 0.1) is 6.92 Å². The number of hydrogen-bond acceptors (Lipinski definition) is 2. The van der Waals surface area contributed by atoms with Crippen molar-refractivity contribution in [2.75, 3.05) is 0 Å². The zero-order valence-corrected chi connectivity index (χ0v) is 14.6. The van der Waals surface area contributed by atoms with Gasteiger partial charge in [0.1, 0.15) is 11.3 Å². The lowest BCUT2D eigenvalue weighted by Gasteiger charge is -2.18. The first-order valence-corrected chi connectivity index (χ1v) is 8.33. The Morgan fingerprint density at radius 3 is 2.33 bits per heavy atom. The Kier molecular flexibility index (Phi) is 3.24. The molecule has 2 aromatic heterocycles. The number of furan rings is 1. The van der Waals surface area contributed by atoms with Crippen molar-refractivity contribution >= 4 is 21.9 Å². The van der Waals surface area contributed by atoms with Crippen LogP contribution in [0.3, 0.4) is 0 Å². The smallest absolute Gasteiger partial charge is 0.161 e. The van der Waals surface area contributed by atoms with Crippen LogP contribution in [0.25, 0.3) is 33.2 Å². The molecule has 4 aromatic rings. The van der Waals surface area contributed by atoms with Crippen LogP contribution in [0.5, 0.6) is 0 Å². The first-order chi connectivity index (χ1) is 11.4. The van der Waals surface area contributed by atoms with Crippen molar-refractivity contribution in [3.8, 4) is 11.3 Å². The predicted molar refractivity (Wildman–Crippen MR) is 100 cm³/mol. The Hall–Kier alpha value is -2.61. The van der Waals surface area contributed by atoms with E-state index in [1.165, 1.54) is 10.9 Å². The summed E-state index contributed by atoms with van der Waals surface area (Å²) in [7, 11) is 0. The van der Waals surface area contributed by atoms with Gasteiger partial charge in [-0.3, -0.25) is 0 Å². The standard InChI is InChI=1S/C22H21NO/c1-14-12-18-17-13-16(22(2,3)4)10-11-19(17)24-21(18)20(23-14)15-8-6-5-7-9-15/h5-13H,1-4H3. The summed E-state index contributed by atoms with van der Waals surface area (Å²) >= 11 is 0. The van der Waals surface area contributed by atoms with Gasteiger partial charge in [0.2, 0.25) is 0 Å². The molecule has 0 spiro atoms. The quantitative estimate of drug-likeness (QED) is 0.414. The van der Waals surface area contributed by atoms with Crippen molar-refractivity contribution in [2.24, 2.45) is 0 Å². The second kappa shape index (κ2) is 5.20. The number of aryl methyl sites for hydroxylation is 1. The minimum absolute atomic E-state index is 0.113. The summed E-state index contributed by atoms with van der Waals surface area (Å²) in [5, 5.41) is 2.31. The maximum absolute atomic E-state index is 6.20. The van der Waals surface area contributed by atoms with E-state index in [2.05, 4.69) is 57.2 Å². The monoisotopic (exact) mass is 315 g/mol. The molecule has 0 amide bonds. The lowest BCUT2D eigenvalue weighted by molar-refractivity contribution is 0.590. The van der Waals surface area contributed by atoms with Gasteiger partial charge >= 0.3 is 0 Å². The fourth-order valence-electron chi connectivity index (χ4n) is 3.16. The Bertz CT molecular complexity index is 1040. The summed E-state index contributed by atoms with van der Waals surface area (Å²) in [4.78, 5) is 4.74. The molecule has 0 aliphatic carbocycles. The molecule has 0 fully saturated rings. The highest BCUT2D eigenvalue weighted by Crippen LogP contribution is 2.37. The zero-order chi connectivity index (χ0) is 16.9. The Morgan fingerprint density at radius 1 is 0.875 bits per heavy atom. The molecule has 24 heavy (non-hydrogen) atoms. The zero-order valence-electron chi connectivity index (χ0n) is 14.6. The molecule has 120 valence electrons. The lowest BCUT2D eigenvalue weighted by Crippen LogP contribution is -2.10. The fourth-order valence-corrected chi connectivity index (χ4v) is 3.16. The third-order valence-electron chi connectivity index (χ3n) is 4.50. The second-order valence-electron chi connectivity index (χ2n) is 7.42. The van der Waals surface area contributed by atoms with Crippen LogP contribution >= 0.6 is 0 Å². The molecule has 4 rings (SSSR count). The molecular weight excluding hydrogens is 294 g/mol. The van der Waals surface area contributed by atoms with Crippen molar-refractivity contribution in [3.05, 3.63) is 65.9 Å². The second-order valence-corrected chi connectivity index (χ2v) is 7.42. The van der Waals surface area contributed by atoms with E-state index < -0.39 is 0 Å². The van der Waals surface area contributed by atoms with E-state index in [4.69, 9.17) is 9.40 Å². The van der Waals surface area contributed by atoms with Crippen molar-refractivity contribution in [1.82, 2.24) is 4.98 Å². The minimum Gasteiger partial charge on any atom is -0.454 e. The fraction of sp³-hybridized carbons (Fsp3) is 0.227. The highest BCUT2D eigenvalue weighted by molar-refractivity contribution is 6.09. The Balaban J connectivity index is 2.07. The summed E-state index contributed by atoms with van der Waals surface area (Å²) in [6.45, 7) is 8.74. The molecule has 0 bridgehead atoms. The lowest BCUT2D eigenvalue weighted by atomic mass is 9.86. The average molecular weight is 315 g/mol. The molecule has 2 heterocycles. The normalized spacial score (nSPS) is 12.2. The van der Waals surface area contributed by atoms with Gasteiger partial charge in [-0.25, -0.2) is 4.98 Å². The molecule has 2 nitrogen and oxygen atoms in total. The van der Waals surface area contributed by atoms with Crippen LogP contribution in [0.1, 0.15) is 32.0 Å². The molecule has 0 unspecified atom stereocenters. The molecule has 0 aliphatic heterocycles. The maximum Gasteiger partial charge on any atom is 0.161 e. The molecule has 0 N–H and O–H groups in total. The van der Waals surface area contributed by atoms with Crippen LogP contribution in [-0.2, 0) is 5.41 Å². The number of benzene rings is 2. The van der Waals surface area contributed by atoms with Crippen LogP contribution in [0.2, 0.25) is 0 Å². The van der Waals surface area contributed by atoms with Crippen LogP contribution in [0.15, 0.2) is 59.0 Å². The molecule has 2 aromatic carbocycles. The number of pyridine rings is 1. The van der Waals surface area contributed by atoms with E-state index in [9.17, 15) is 0 Å². The van der Waals surface area contributed by atoms with E-state index >= 15 is 0 Å². The van der Waals surface area contributed by atoms with Crippen molar-refractivity contribution in [3.63, 3.8) is 0 Å². The van der Waals surface area contributed by atoms with Gasteiger partial charge in [0.15, 0.2) is 5.58 Å². The van der Waals surface area contributed by atoms with Crippen LogP contribution in [-0.4, -0.2) is 4.98 Å². The first-order valence-electron chi connectivity index (χ1n) is 8.33. The topological polar surface area (TPSA) is 26.0 Å². The van der Waals surface area contributed by atoms with Crippen LogP contribution < -0.4 is 0 Å². The van der Waals surface area contributed by atoms with Gasteiger partial charge in [-0.05, 0) is 36.1 Å². The van der Waals surface area contributed by atoms with Gasteiger partial charge in [-0.15, -0.1) is 0 Å². The number of rotatable bonds is 1. The third-order valence-corrected chi connectivity index (χ3v) is 4.50. The van der Waals surface area contributed by atoms with Crippen molar-refractivity contribution in [1.29, 1.82) is 0 Å². The highest BCUT2D eigenvalue weighted by Gasteiger charge is 2.18. The first kappa shape index (κ1) is 14.9. The number of nitrogens with zero attached hydrogens (tertiary/aromatic N) is 1. The van der Waals surface area contributed by atoms with Gasteiger partial charge in [-0.1, -0.05) is 57.2 Å². The Morgan fingerprint density at radius 2 is 1.62 bits per heavy atom. The largest absolute Gasteiger partial charge is 0.454 e. The molecule has 0 saturated heterocycles. The predicted octanol–water partition coefficient (Wildman–Crippen LogP) is 6.25. The molecule has 0 aliphatic rings. The highest BCUT2D eigenvalue weighted by atomic mass is 16.3. The van der Waals surface area contributed by atoms with E-state index in [0.29, 0.717) is 0 Å². The number of fused-ring (bicyclic) bond motifs is 3. The molecule has 0 saturated carbocycles.